The molecule has 124 valence electrons. The molecular formula is C17H22N2O4. The lowest BCUT2D eigenvalue weighted by Crippen LogP contribution is -2.31. The van der Waals surface area contributed by atoms with E-state index >= 15 is 0 Å². The number of benzene rings is 1. The van der Waals surface area contributed by atoms with Gasteiger partial charge in [0.05, 0.1) is 0 Å². The molecule has 0 unspecified atom stereocenters. The standard InChI is InChI=1S/C17H22N2O4/c20-16(18-9-3-4-10-18)22-13-14-7-1-2-8-15(14)23-17(21)19-11-5-6-12-19/h1-2,7-8H,3-6,9-13H2. The number of ether oxygens (including phenoxy) is 2. The van der Waals surface area contributed by atoms with E-state index in [1.165, 1.54) is 0 Å². The molecule has 3 rings (SSSR count). The maximum Gasteiger partial charge on any atom is 0.415 e. The van der Waals surface area contributed by atoms with E-state index in [9.17, 15) is 9.59 Å². The molecule has 2 saturated heterocycles. The van der Waals surface area contributed by atoms with E-state index in [0.717, 1.165) is 51.9 Å². The third-order valence-corrected chi connectivity index (χ3v) is 4.25. The number of hydrogen-bond donors (Lipinski definition) is 0. The number of hydrogen-bond acceptors (Lipinski definition) is 4. The largest absolute Gasteiger partial charge is 0.444 e. The summed E-state index contributed by atoms with van der Waals surface area (Å²) >= 11 is 0. The molecule has 0 saturated carbocycles. The Morgan fingerprint density at radius 1 is 0.870 bits per heavy atom. The molecule has 2 amide bonds. The molecule has 2 aliphatic rings. The highest BCUT2D eigenvalue weighted by molar-refractivity contribution is 5.71. The number of carbonyl (C=O) groups is 2. The molecule has 0 spiro atoms. The van der Waals surface area contributed by atoms with Gasteiger partial charge in [0.15, 0.2) is 0 Å². The van der Waals surface area contributed by atoms with Crippen LogP contribution in [0.4, 0.5) is 9.59 Å². The van der Waals surface area contributed by atoms with Crippen LogP contribution in [0, 0.1) is 0 Å². The molecule has 1 aromatic rings. The summed E-state index contributed by atoms with van der Waals surface area (Å²) in [7, 11) is 0. The Balaban J connectivity index is 1.58. The van der Waals surface area contributed by atoms with Crippen molar-refractivity contribution in [2.24, 2.45) is 0 Å². The fourth-order valence-electron chi connectivity index (χ4n) is 2.91. The summed E-state index contributed by atoms with van der Waals surface area (Å²) in [5, 5.41) is 0. The molecule has 0 aliphatic carbocycles. The summed E-state index contributed by atoms with van der Waals surface area (Å²) in [6, 6.07) is 7.18. The Morgan fingerprint density at radius 2 is 1.43 bits per heavy atom. The maximum atomic E-state index is 12.1. The van der Waals surface area contributed by atoms with Gasteiger partial charge in [0, 0.05) is 31.7 Å². The summed E-state index contributed by atoms with van der Waals surface area (Å²) in [5.41, 5.74) is 0.701. The maximum absolute atomic E-state index is 12.1. The van der Waals surface area contributed by atoms with Gasteiger partial charge in [0.1, 0.15) is 12.4 Å². The van der Waals surface area contributed by atoms with Gasteiger partial charge in [-0.2, -0.15) is 0 Å². The SMILES string of the molecule is O=C(OCc1ccccc1OC(=O)N1CCCC1)N1CCCC1. The minimum Gasteiger partial charge on any atom is -0.444 e. The average molecular weight is 318 g/mol. The highest BCUT2D eigenvalue weighted by atomic mass is 16.6. The van der Waals surface area contributed by atoms with Crippen LogP contribution in [-0.2, 0) is 11.3 Å². The molecule has 2 fully saturated rings. The molecule has 23 heavy (non-hydrogen) atoms. The van der Waals surface area contributed by atoms with Gasteiger partial charge >= 0.3 is 12.2 Å². The first-order valence-corrected chi connectivity index (χ1v) is 8.20. The van der Waals surface area contributed by atoms with Crippen molar-refractivity contribution in [2.45, 2.75) is 32.3 Å². The topological polar surface area (TPSA) is 59.1 Å². The van der Waals surface area contributed by atoms with Crippen LogP contribution in [0.25, 0.3) is 0 Å². The van der Waals surface area contributed by atoms with Crippen LogP contribution in [0.2, 0.25) is 0 Å². The summed E-state index contributed by atoms with van der Waals surface area (Å²) in [6.45, 7) is 3.10. The zero-order valence-electron chi connectivity index (χ0n) is 13.2. The van der Waals surface area contributed by atoms with Gasteiger partial charge in [-0.3, -0.25) is 0 Å². The lowest BCUT2D eigenvalue weighted by molar-refractivity contribution is 0.103. The van der Waals surface area contributed by atoms with E-state index in [1.54, 1.807) is 21.9 Å². The zero-order valence-corrected chi connectivity index (χ0v) is 13.2. The third kappa shape index (κ3) is 3.94. The molecule has 0 N–H and O–H groups in total. The van der Waals surface area contributed by atoms with Crippen LogP contribution in [0.3, 0.4) is 0 Å². The van der Waals surface area contributed by atoms with Crippen LogP contribution < -0.4 is 4.74 Å². The Bertz CT molecular complexity index is 563. The number of nitrogens with zero attached hydrogens (tertiary/aromatic N) is 2. The molecule has 2 aliphatic heterocycles. The highest BCUT2D eigenvalue weighted by Crippen LogP contribution is 2.21. The second-order valence-electron chi connectivity index (χ2n) is 5.92. The Morgan fingerprint density at radius 3 is 2.09 bits per heavy atom. The average Bonchev–Trinajstić information content (AvgIpc) is 3.26. The quantitative estimate of drug-likeness (QED) is 0.859. The highest BCUT2D eigenvalue weighted by Gasteiger charge is 2.22. The lowest BCUT2D eigenvalue weighted by Gasteiger charge is -2.18. The third-order valence-electron chi connectivity index (χ3n) is 4.25. The number of rotatable bonds is 3. The first kappa shape index (κ1) is 15.6. The summed E-state index contributed by atoms with van der Waals surface area (Å²) in [4.78, 5) is 27.5. The monoisotopic (exact) mass is 318 g/mol. The predicted molar refractivity (Wildman–Crippen MR) is 84.3 cm³/mol. The molecule has 6 nitrogen and oxygen atoms in total. The summed E-state index contributed by atoms with van der Waals surface area (Å²) in [5.74, 6) is 0.457. The van der Waals surface area contributed by atoms with Gasteiger partial charge in [0.25, 0.3) is 0 Å². The molecule has 0 radical (unpaired) electrons. The van der Waals surface area contributed by atoms with E-state index in [1.807, 2.05) is 12.1 Å². The Hall–Kier alpha value is -2.24. The Kier molecular flexibility index (Phi) is 5.00. The Labute approximate surface area is 136 Å². The normalized spacial score (nSPS) is 17.4. The van der Waals surface area contributed by atoms with E-state index < -0.39 is 0 Å². The lowest BCUT2D eigenvalue weighted by atomic mass is 10.2. The minimum absolute atomic E-state index is 0.110. The molecule has 2 heterocycles. The van der Waals surface area contributed by atoms with Crippen molar-refractivity contribution in [3.05, 3.63) is 29.8 Å². The number of likely N-dealkylation sites (tertiary alicyclic amines) is 2. The van der Waals surface area contributed by atoms with E-state index in [2.05, 4.69) is 0 Å². The van der Waals surface area contributed by atoms with Gasteiger partial charge in [-0.25, -0.2) is 9.59 Å². The van der Waals surface area contributed by atoms with Crippen molar-refractivity contribution in [3.8, 4) is 5.75 Å². The van der Waals surface area contributed by atoms with Gasteiger partial charge in [-0.1, -0.05) is 18.2 Å². The van der Waals surface area contributed by atoms with Crippen molar-refractivity contribution >= 4 is 12.2 Å². The first-order chi connectivity index (χ1) is 11.2. The summed E-state index contributed by atoms with van der Waals surface area (Å²) in [6.07, 6.45) is 3.45. The molecular weight excluding hydrogens is 296 g/mol. The van der Waals surface area contributed by atoms with Gasteiger partial charge < -0.3 is 19.3 Å². The molecule has 1 aromatic carbocycles. The second kappa shape index (κ2) is 7.35. The number of carbonyl (C=O) groups excluding carboxylic acids is 2. The molecule has 0 atom stereocenters. The number of para-hydroxylation sites is 1. The van der Waals surface area contributed by atoms with Crippen molar-refractivity contribution in [2.75, 3.05) is 26.2 Å². The predicted octanol–water partition coefficient (Wildman–Crippen LogP) is 3.01. The molecule has 0 aromatic heterocycles. The fourth-order valence-corrected chi connectivity index (χ4v) is 2.91. The van der Waals surface area contributed by atoms with Crippen molar-refractivity contribution in [1.82, 2.24) is 9.80 Å². The van der Waals surface area contributed by atoms with Gasteiger partial charge in [-0.05, 0) is 31.7 Å². The van der Waals surface area contributed by atoms with Crippen molar-refractivity contribution < 1.29 is 19.1 Å². The van der Waals surface area contributed by atoms with E-state index in [0.29, 0.717) is 11.3 Å². The van der Waals surface area contributed by atoms with Crippen LogP contribution in [0.1, 0.15) is 31.2 Å². The minimum atomic E-state index is -0.333. The van der Waals surface area contributed by atoms with Crippen LogP contribution in [0.15, 0.2) is 24.3 Å². The smallest absolute Gasteiger partial charge is 0.415 e. The van der Waals surface area contributed by atoms with Crippen LogP contribution >= 0.6 is 0 Å². The van der Waals surface area contributed by atoms with Crippen molar-refractivity contribution in [1.29, 1.82) is 0 Å². The van der Waals surface area contributed by atoms with E-state index in [4.69, 9.17) is 9.47 Å². The van der Waals surface area contributed by atoms with Gasteiger partial charge in [-0.15, -0.1) is 0 Å². The second-order valence-corrected chi connectivity index (χ2v) is 5.92. The van der Waals surface area contributed by atoms with Crippen LogP contribution in [0.5, 0.6) is 5.75 Å². The summed E-state index contributed by atoms with van der Waals surface area (Å²) < 4.78 is 10.8. The number of amides is 2. The first-order valence-electron chi connectivity index (χ1n) is 8.20. The molecule has 6 heteroatoms. The van der Waals surface area contributed by atoms with Crippen molar-refractivity contribution in [3.63, 3.8) is 0 Å². The van der Waals surface area contributed by atoms with Crippen LogP contribution in [-0.4, -0.2) is 48.2 Å². The van der Waals surface area contributed by atoms with E-state index in [-0.39, 0.29) is 18.8 Å². The zero-order chi connectivity index (χ0) is 16.1. The fraction of sp³-hybridized carbons (Fsp3) is 0.529. The van der Waals surface area contributed by atoms with Gasteiger partial charge in [0.2, 0.25) is 0 Å². The molecule has 0 bridgehead atoms.